The Balaban J connectivity index is 1.53. The summed E-state index contributed by atoms with van der Waals surface area (Å²) in [5.74, 6) is -9.24. The fourth-order valence-electron chi connectivity index (χ4n) is 3.69. The zero-order valence-electron chi connectivity index (χ0n) is 19.3. The number of rotatable bonds is 9. The Hall–Kier alpha value is -3.38. The van der Waals surface area contributed by atoms with Crippen molar-refractivity contribution in [1.82, 2.24) is 10.2 Å². The summed E-state index contributed by atoms with van der Waals surface area (Å²) >= 11 is 5.98. The van der Waals surface area contributed by atoms with Gasteiger partial charge in [-0.25, -0.2) is 13.6 Å². The van der Waals surface area contributed by atoms with Gasteiger partial charge < -0.3 is 29.6 Å². The van der Waals surface area contributed by atoms with E-state index in [2.05, 4.69) is 5.32 Å². The molecule has 0 aliphatic carbocycles. The molecule has 2 unspecified atom stereocenters. The number of aldehydes is 1. The van der Waals surface area contributed by atoms with Gasteiger partial charge in [-0.1, -0.05) is 23.7 Å². The summed E-state index contributed by atoms with van der Waals surface area (Å²) in [5, 5.41) is 13.1. The van der Waals surface area contributed by atoms with Crippen LogP contribution < -0.4 is 14.8 Å². The van der Waals surface area contributed by atoms with Crippen LogP contribution in [0.1, 0.15) is 19.3 Å². The van der Waals surface area contributed by atoms with Crippen LogP contribution in [-0.2, 0) is 9.59 Å². The minimum absolute atomic E-state index is 0.00514. The maximum absolute atomic E-state index is 13.8. The molecule has 8 nitrogen and oxygen atoms in total. The summed E-state index contributed by atoms with van der Waals surface area (Å²) in [6.07, 6.45) is -1.74. The third-order valence-corrected chi connectivity index (χ3v) is 6.08. The van der Waals surface area contributed by atoms with Crippen molar-refractivity contribution in [2.45, 2.75) is 31.4 Å². The molecule has 0 spiro atoms. The molecule has 2 amide bonds. The molecule has 13 heteroatoms. The molecule has 0 saturated carbocycles. The van der Waals surface area contributed by atoms with E-state index in [1.54, 1.807) is 18.2 Å². The number of nitrogens with one attached hydrogen (secondary N) is 1. The Morgan fingerprint density at radius 2 is 1.76 bits per heavy atom. The van der Waals surface area contributed by atoms with Gasteiger partial charge in [0.15, 0.2) is 23.1 Å². The summed E-state index contributed by atoms with van der Waals surface area (Å²) < 4.78 is 64.2. The summed E-state index contributed by atoms with van der Waals surface area (Å²) in [5.41, 5.74) is 0. The van der Waals surface area contributed by atoms with Gasteiger partial charge in [-0.15, -0.1) is 0 Å². The van der Waals surface area contributed by atoms with E-state index in [0.29, 0.717) is 6.29 Å². The Labute approximate surface area is 214 Å². The summed E-state index contributed by atoms with van der Waals surface area (Å²) in [7, 11) is 0. The van der Waals surface area contributed by atoms with Crippen molar-refractivity contribution in [3.05, 3.63) is 58.6 Å². The second kappa shape index (κ2) is 12.7. The normalized spacial score (nSPS) is 15.6. The van der Waals surface area contributed by atoms with Crippen LogP contribution in [0.2, 0.25) is 5.02 Å². The minimum atomic E-state index is -1.79. The van der Waals surface area contributed by atoms with Crippen molar-refractivity contribution < 1.29 is 46.5 Å². The molecule has 1 fully saturated rings. The van der Waals surface area contributed by atoms with E-state index in [1.165, 1.54) is 11.0 Å². The lowest BCUT2D eigenvalue weighted by Crippen LogP contribution is -2.50. The number of benzene rings is 2. The van der Waals surface area contributed by atoms with Crippen molar-refractivity contribution in [3.8, 4) is 11.5 Å². The Kier molecular flexibility index (Phi) is 9.70. The number of aliphatic hydroxyl groups excluding tert-OH is 1. The molecule has 1 aliphatic rings. The maximum atomic E-state index is 13.8. The number of hydrogen-bond acceptors (Lipinski definition) is 6. The number of likely N-dealkylation sites (tertiary alicyclic amines) is 1. The van der Waals surface area contributed by atoms with Gasteiger partial charge in [0.1, 0.15) is 19.0 Å². The van der Waals surface area contributed by atoms with E-state index in [9.17, 15) is 37.1 Å². The topological polar surface area (TPSA) is 105 Å². The molecule has 1 aliphatic heterocycles. The first-order chi connectivity index (χ1) is 17.6. The van der Waals surface area contributed by atoms with E-state index in [-0.39, 0.29) is 49.2 Å². The van der Waals surface area contributed by atoms with E-state index in [0.717, 1.165) is 0 Å². The fourth-order valence-corrected chi connectivity index (χ4v) is 3.86. The highest BCUT2D eigenvalue weighted by atomic mass is 35.5. The van der Waals surface area contributed by atoms with Gasteiger partial charge in [0, 0.05) is 31.5 Å². The summed E-state index contributed by atoms with van der Waals surface area (Å²) in [6, 6.07) is 5.24. The largest absolute Gasteiger partial charge is 0.485 e. The summed E-state index contributed by atoms with van der Waals surface area (Å²) in [6.45, 7) is -0.494. The van der Waals surface area contributed by atoms with E-state index < -0.39 is 65.7 Å². The number of aliphatic hydroxyl groups is 1. The second-order valence-electron chi connectivity index (χ2n) is 8.25. The fraction of sp³-hybridized carbons (Fsp3) is 0.375. The lowest BCUT2D eigenvalue weighted by atomic mass is 9.95. The van der Waals surface area contributed by atoms with Crippen LogP contribution in [0.25, 0.3) is 0 Å². The Bertz CT molecular complexity index is 1120. The molecule has 2 aromatic carbocycles. The second-order valence-corrected chi connectivity index (χ2v) is 8.66. The quantitative estimate of drug-likeness (QED) is 0.283. The molecule has 37 heavy (non-hydrogen) atoms. The average molecular weight is 547 g/mol. The number of para-hydroxylation sites is 1. The highest BCUT2D eigenvalue weighted by Crippen LogP contribution is 2.27. The molecule has 2 N–H and O–H groups in total. The third kappa shape index (κ3) is 7.10. The van der Waals surface area contributed by atoms with Gasteiger partial charge >= 0.3 is 6.09 Å². The lowest BCUT2D eigenvalue weighted by Gasteiger charge is -2.32. The monoisotopic (exact) mass is 546 g/mol. The molecule has 2 aromatic rings. The number of halogens is 5. The first-order valence-corrected chi connectivity index (χ1v) is 11.6. The van der Waals surface area contributed by atoms with E-state index in [1.807, 2.05) is 0 Å². The molecule has 1 saturated heterocycles. The van der Waals surface area contributed by atoms with Crippen LogP contribution in [0, 0.1) is 29.2 Å². The highest BCUT2D eigenvalue weighted by Gasteiger charge is 2.31. The van der Waals surface area contributed by atoms with Crippen LogP contribution in [0.3, 0.4) is 0 Å². The van der Waals surface area contributed by atoms with E-state index in [4.69, 9.17) is 21.1 Å². The van der Waals surface area contributed by atoms with Crippen molar-refractivity contribution >= 4 is 29.9 Å². The van der Waals surface area contributed by atoms with E-state index >= 15 is 0 Å². The zero-order valence-corrected chi connectivity index (χ0v) is 20.0. The van der Waals surface area contributed by atoms with Gasteiger partial charge in [-0.3, -0.25) is 4.79 Å². The Morgan fingerprint density at radius 1 is 1.14 bits per heavy atom. The van der Waals surface area contributed by atoms with Crippen molar-refractivity contribution in [3.63, 3.8) is 0 Å². The number of carbonyl (C=O) groups excluding carboxylic acids is 3. The molecule has 1 heterocycles. The van der Waals surface area contributed by atoms with Gasteiger partial charge in [-0.2, -0.15) is 8.78 Å². The van der Waals surface area contributed by atoms with Gasteiger partial charge in [0.25, 0.3) is 0 Å². The van der Waals surface area contributed by atoms with Crippen molar-refractivity contribution in [2.75, 3.05) is 19.7 Å². The maximum Gasteiger partial charge on any atom is 0.415 e. The molecule has 0 aromatic heterocycles. The smallest absolute Gasteiger partial charge is 0.415 e. The number of piperidine rings is 1. The first kappa shape index (κ1) is 28.2. The van der Waals surface area contributed by atoms with Crippen LogP contribution in [0.15, 0.2) is 30.3 Å². The van der Waals surface area contributed by atoms with Crippen LogP contribution in [0.4, 0.5) is 22.4 Å². The van der Waals surface area contributed by atoms with Crippen molar-refractivity contribution in [1.29, 1.82) is 0 Å². The minimum Gasteiger partial charge on any atom is -0.485 e. The first-order valence-electron chi connectivity index (χ1n) is 11.2. The SMILES string of the molecule is O=CCC(NC(=O)C1CCN(C(=O)Oc2ccccc2Cl)CC1)C(O)COc1c(F)c(F)cc(F)c1F. The molecular formula is C24H23ClF4N2O6. The zero-order chi connectivity index (χ0) is 27.1. The molecule has 0 radical (unpaired) electrons. The van der Waals surface area contributed by atoms with Crippen molar-refractivity contribution in [2.24, 2.45) is 5.92 Å². The standard InChI is InChI=1S/C24H23ClF4N2O6/c25-14-3-1-2-4-19(14)37-24(35)31-8-5-13(6-9-31)23(34)30-17(7-10-32)18(33)12-36-22-20(28)15(26)11-16(27)21(22)29/h1-4,10-11,13,17-18,33H,5-9,12H2,(H,30,34). The predicted molar refractivity (Wildman–Crippen MR) is 122 cm³/mol. The van der Waals surface area contributed by atoms with Gasteiger partial charge in [-0.05, 0) is 25.0 Å². The third-order valence-electron chi connectivity index (χ3n) is 5.77. The number of hydrogen-bond donors (Lipinski definition) is 2. The Morgan fingerprint density at radius 3 is 2.35 bits per heavy atom. The predicted octanol–water partition coefficient (Wildman–Crippen LogP) is 3.62. The highest BCUT2D eigenvalue weighted by molar-refractivity contribution is 6.32. The number of carbonyl (C=O) groups is 3. The average Bonchev–Trinajstić information content (AvgIpc) is 2.88. The van der Waals surface area contributed by atoms with Gasteiger partial charge in [0.05, 0.1) is 11.1 Å². The number of amides is 2. The number of nitrogens with zero attached hydrogens (tertiary/aromatic N) is 1. The number of ether oxygens (including phenoxy) is 2. The molecule has 200 valence electrons. The van der Waals surface area contributed by atoms with Crippen LogP contribution in [0.5, 0.6) is 11.5 Å². The van der Waals surface area contributed by atoms with Crippen LogP contribution in [-0.4, -0.2) is 60.1 Å². The van der Waals surface area contributed by atoms with Crippen LogP contribution >= 0.6 is 11.6 Å². The molecule has 2 atom stereocenters. The lowest BCUT2D eigenvalue weighted by molar-refractivity contribution is -0.128. The molecule has 0 bridgehead atoms. The molecule has 3 rings (SSSR count). The summed E-state index contributed by atoms with van der Waals surface area (Å²) in [4.78, 5) is 37.6. The molecular weight excluding hydrogens is 524 g/mol. The van der Waals surface area contributed by atoms with Gasteiger partial charge in [0.2, 0.25) is 17.5 Å².